The Morgan fingerprint density at radius 2 is 2.05 bits per heavy atom. The van der Waals surface area contributed by atoms with Crippen LogP contribution in [0.3, 0.4) is 0 Å². The number of likely N-dealkylation sites (tertiary alicyclic amines) is 1. The number of nitrogens with zero attached hydrogens (tertiary/aromatic N) is 4. The summed E-state index contributed by atoms with van der Waals surface area (Å²) in [6.07, 6.45) is 7.48. The molecule has 20 heavy (non-hydrogen) atoms. The molecule has 2 aliphatic heterocycles. The molecule has 4 nitrogen and oxygen atoms in total. The van der Waals surface area contributed by atoms with Gasteiger partial charge < -0.3 is 4.57 Å². The van der Waals surface area contributed by atoms with Crippen molar-refractivity contribution < 1.29 is 0 Å². The first-order valence-corrected chi connectivity index (χ1v) is 8.32. The zero-order valence-corrected chi connectivity index (χ0v) is 13.2. The summed E-state index contributed by atoms with van der Waals surface area (Å²) in [5, 5.41) is 8.93. The fraction of sp³-hybridized carbons (Fsp3) is 0.875. The number of aromatic nitrogens is 3. The van der Waals surface area contributed by atoms with Crippen molar-refractivity contribution >= 4 is 0 Å². The molecule has 0 amide bonds. The topological polar surface area (TPSA) is 34.0 Å². The predicted molar refractivity (Wildman–Crippen MR) is 80.7 cm³/mol. The molecule has 0 aliphatic carbocycles. The summed E-state index contributed by atoms with van der Waals surface area (Å²) in [7, 11) is 0. The van der Waals surface area contributed by atoms with Crippen LogP contribution in [0, 0.1) is 5.92 Å². The molecule has 2 atom stereocenters. The molecule has 0 aromatic carbocycles. The molecule has 1 saturated heterocycles. The highest BCUT2D eigenvalue weighted by Crippen LogP contribution is 2.25. The van der Waals surface area contributed by atoms with E-state index in [9.17, 15) is 0 Å². The number of piperidine rings is 1. The molecule has 3 rings (SSSR count). The van der Waals surface area contributed by atoms with E-state index in [-0.39, 0.29) is 0 Å². The zero-order chi connectivity index (χ0) is 14.1. The molecule has 2 aliphatic rings. The van der Waals surface area contributed by atoms with Crippen molar-refractivity contribution in [3.63, 3.8) is 0 Å². The fourth-order valence-electron chi connectivity index (χ4n) is 3.83. The number of rotatable bonds is 3. The third-order valence-corrected chi connectivity index (χ3v) is 5.01. The van der Waals surface area contributed by atoms with E-state index in [1.165, 1.54) is 43.9 Å². The van der Waals surface area contributed by atoms with Crippen molar-refractivity contribution in [1.82, 2.24) is 19.7 Å². The summed E-state index contributed by atoms with van der Waals surface area (Å²) in [6.45, 7) is 9.35. The molecule has 0 saturated carbocycles. The van der Waals surface area contributed by atoms with E-state index < -0.39 is 0 Å². The number of hydrogen-bond donors (Lipinski definition) is 0. The van der Waals surface area contributed by atoms with Crippen molar-refractivity contribution in [2.24, 2.45) is 5.92 Å². The highest BCUT2D eigenvalue weighted by Gasteiger charge is 2.28. The van der Waals surface area contributed by atoms with Crippen LogP contribution in [-0.4, -0.2) is 38.3 Å². The lowest BCUT2D eigenvalue weighted by Crippen LogP contribution is -2.45. The lowest BCUT2D eigenvalue weighted by molar-refractivity contribution is 0.109. The van der Waals surface area contributed by atoms with Crippen LogP contribution in [0.2, 0.25) is 0 Å². The molecular weight excluding hydrogens is 248 g/mol. The van der Waals surface area contributed by atoms with Gasteiger partial charge in [-0.1, -0.05) is 13.3 Å². The van der Waals surface area contributed by atoms with Gasteiger partial charge in [0.2, 0.25) is 0 Å². The first-order valence-electron chi connectivity index (χ1n) is 8.32. The molecule has 1 aromatic heterocycles. The second-order valence-electron chi connectivity index (χ2n) is 6.97. The SMILES string of the molecule is CC1CCc2nnc(CC3CCCCN3C(C)C)n2C1. The maximum Gasteiger partial charge on any atom is 0.134 e. The summed E-state index contributed by atoms with van der Waals surface area (Å²) < 4.78 is 2.40. The first-order chi connectivity index (χ1) is 9.65. The van der Waals surface area contributed by atoms with E-state index in [2.05, 4.69) is 40.4 Å². The van der Waals surface area contributed by atoms with Gasteiger partial charge in [-0.25, -0.2) is 0 Å². The van der Waals surface area contributed by atoms with Gasteiger partial charge in [-0.05, 0) is 45.6 Å². The number of aryl methyl sites for hydroxylation is 1. The van der Waals surface area contributed by atoms with Crippen LogP contribution >= 0.6 is 0 Å². The van der Waals surface area contributed by atoms with Gasteiger partial charge in [0.1, 0.15) is 11.6 Å². The Bertz CT molecular complexity index is 451. The maximum atomic E-state index is 4.51. The van der Waals surface area contributed by atoms with E-state index in [0.717, 1.165) is 25.3 Å². The minimum Gasteiger partial charge on any atom is -0.315 e. The molecule has 112 valence electrons. The van der Waals surface area contributed by atoms with Crippen LogP contribution in [0.15, 0.2) is 0 Å². The van der Waals surface area contributed by atoms with Gasteiger partial charge in [-0.2, -0.15) is 0 Å². The van der Waals surface area contributed by atoms with Crippen molar-refractivity contribution in [2.75, 3.05) is 6.54 Å². The largest absolute Gasteiger partial charge is 0.315 e. The van der Waals surface area contributed by atoms with Crippen LogP contribution in [-0.2, 0) is 19.4 Å². The Labute approximate surface area is 122 Å². The van der Waals surface area contributed by atoms with Crippen molar-refractivity contribution in [2.45, 2.75) is 77.9 Å². The molecule has 2 unspecified atom stereocenters. The van der Waals surface area contributed by atoms with Crippen LogP contribution in [0.4, 0.5) is 0 Å². The van der Waals surface area contributed by atoms with E-state index in [1.54, 1.807) is 0 Å². The van der Waals surface area contributed by atoms with Crippen molar-refractivity contribution in [3.8, 4) is 0 Å². The molecule has 3 heterocycles. The van der Waals surface area contributed by atoms with Gasteiger partial charge in [0, 0.05) is 31.5 Å². The average Bonchev–Trinajstić information content (AvgIpc) is 2.82. The van der Waals surface area contributed by atoms with E-state index in [0.29, 0.717) is 12.1 Å². The normalized spacial score (nSPS) is 27.8. The van der Waals surface area contributed by atoms with Crippen LogP contribution < -0.4 is 0 Å². The predicted octanol–water partition coefficient (Wildman–Crippen LogP) is 2.67. The van der Waals surface area contributed by atoms with E-state index in [1.807, 2.05) is 0 Å². The van der Waals surface area contributed by atoms with Gasteiger partial charge in [0.15, 0.2) is 0 Å². The minimum absolute atomic E-state index is 0.642. The van der Waals surface area contributed by atoms with Crippen LogP contribution in [0.25, 0.3) is 0 Å². The summed E-state index contributed by atoms with van der Waals surface area (Å²) >= 11 is 0. The Hall–Kier alpha value is -0.900. The molecule has 0 radical (unpaired) electrons. The average molecular weight is 276 g/mol. The zero-order valence-electron chi connectivity index (χ0n) is 13.2. The second kappa shape index (κ2) is 5.84. The quantitative estimate of drug-likeness (QED) is 0.851. The van der Waals surface area contributed by atoms with Crippen molar-refractivity contribution in [1.29, 1.82) is 0 Å². The third kappa shape index (κ3) is 2.76. The molecule has 0 spiro atoms. The minimum atomic E-state index is 0.642. The first kappa shape index (κ1) is 14.1. The Morgan fingerprint density at radius 3 is 2.85 bits per heavy atom. The van der Waals surface area contributed by atoms with E-state index >= 15 is 0 Å². The Kier molecular flexibility index (Phi) is 4.11. The summed E-state index contributed by atoms with van der Waals surface area (Å²) in [4.78, 5) is 2.66. The van der Waals surface area contributed by atoms with Crippen molar-refractivity contribution in [3.05, 3.63) is 11.6 Å². The molecule has 1 aromatic rings. The highest BCUT2D eigenvalue weighted by atomic mass is 15.3. The van der Waals surface area contributed by atoms with Gasteiger partial charge in [-0.15, -0.1) is 10.2 Å². The lowest BCUT2D eigenvalue weighted by Gasteiger charge is -2.38. The molecule has 0 N–H and O–H groups in total. The van der Waals surface area contributed by atoms with Gasteiger partial charge in [0.25, 0.3) is 0 Å². The maximum absolute atomic E-state index is 4.51. The summed E-state index contributed by atoms with van der Waals surface area (Å²) in [5.41, 5.74) is 0. The summed E-state index contributed by atoms with van der Waals surface area (Å²) in [6, 6.07) is 1.30. The third-order valence-electron chi connectivity index (χ3n) is 5.01. The second-order valence-corrected chi connectivity index (χ2v) is 6.97. The summed E-state index contributed by atoms with van der Waals surface area (Å²) in [5.74, 6) is 3.21. The standard InChI is InChI=1S/C16H28N4/c1-12(2)19-9-5-4-6-14(19)10-16-18-17-15-8-7-13(3)11-20(15)16/h12-14H,4-11H2,1-3H3. The molecular formula is C16H28N4. The van der Waals surface area contributed by atoms with Crippen LogP contribution in [0.1, 0.15) is 58.1 Å². The van der Waals surface area contributed by atoms with Gasteiger partial charge in [-0.3, -0.25) is 4.90 Å². The van der Waals surface area contributed by atoms with Gasteiger partial charge >= 0.3 is 0 Å². The Balaban J connectivity index is 1.75. The number of hydrogen-bond acceptors (Lipinski definition) is 3. The monoisotopic (exact) mass is 276 g/mol. The molecule has 4 heteroatoms. The Morgan fingerprint density at radius 1 is 1.20 bits per heavy atom. The van der Waals surface area contributed by atoms with E-state index in [4.69, 9.17) is 0 Å². The van der Waals surface area contributed by atoms with Gasteiger partial charge in [0.05, 0.1) is 0 Å². The molecule has 0 bridgehead atoms. The van der Waals surface area contributed by atoms with Crippen LogP contribution in [0.5, 0.6) is 0 Å². The fourth-order valence-corrected chi connectivity index (χ4v) is 3.83. The molecule has 1 fully saturated rings. The lowest BCUT2D eigenvalue weighted by atomic mass is 9.96. The highest BCUT2D eigenvalue weighted by molar-refractivity contribution is 5.02. The number of fused-ring (bicyclic) bond motifs is 1. The smallest absolute Gasteiger partial charge is 0.134 e.